The first-order valence-electron chi connectivity index (χ1n) is 5.91. The number of hydrogen-bond donors (Lipinski definition) is 3. The van der Waals surface area contributed by atoms with Crippen molar-refractivity contribution < 1.29 is 4.79 Å². The third-order valence-corrected chi connectivity index (χ3v) is 2.57. The molecule has 0 unspecified atom stereocenters. The Labute approximate surface area is 104 Å². The van der Waals surface area contributed by atoms with Crippen LogP contribution in [0.15, 0.2) is 12.4 Å². The van der Waals surface area contributed by atoms with E-state index in [2.05, 4.69) is 37.6 Å². The number of H-pyrrole nitrogens is 2. The third-order valence-electron chi connectivity index (χ3n) is 2.57. The molecule has 0 radical (unpaired) electrons. The van der Waals surface area contributed by atoms with E-state index in [0.29, 0.717) is 11.5 Å². The molecule has 2 aromatic heterocycles. The van der Waals surface area contributed by atoms with Crippen LogP contribution in [0.2, 0.25) is 0 Å². The van der Waals surface area contributed by atoms with E-state index in [1.807, 2.05) is 6.92 Å². The Morgan fingerprint density at radius 2 is 2.33 bits per heavy atom. The number of amides is 1. The van der Waals surface area contributed by atoms with Crippen LogP contribution in [0.5, 0.6) is 0 Å². The minimum absolute atomic E-state index is 0.225. The summed E-state index contributed by atoms with van der Waals surface area (Å²) in [5.41, 5.74) is 1.36. The van der Waals surface area contributed by atoms with E-state index in [1.54, 1.807) is 6.07 Å². The lowest BCUT2D eigenvalue weighted by Gasteiger charge is -2.08. The van der Waals surface area contributed by atoms with Crippen LogP contribution in [-0.4, -0.2) is 31.3 Å². The number of carbonyl (C=O) groups is 1. The van der Waals surface area contributed by atoms with Gasteiger partial charge < -0.3 is 5.32 Å². The van der Waals surface area contributed by atoms with Crippen molar-refractivity contribution in [3.63, 3.8) is 0 Å². The molecule has 0 aliphatic carbocycles. The SMILES string of the molecule is CCCc1cc(C(=O)N[C@H](C)c2ncn[nH]2)n[nH]1. The molecular weight excluding hydrogens is 232 g/mol. The van der Waals surface area contributed by atoms with Gasteiger partial charge in [0.05, 0.1) is 6.04 Å². The monoisotopic (exact) mass is 248 g/mol. The first-order valence-corrected chi connectivity index (χ1v) is 5.91. The summed E-state index contributed by atoms with van der Waals surface area (Å²) in [6.07, 6.45) is 3.31. The lowest BCUT2D eigenvalue weighted by Crippen LogP contribution is -2.27. The summed E-state index contributed by atoms with van der Waals surface area (Å²) in [5.74, 6) is 0.394. The Hall–Kier alpha value is -2.18. The van der Waals surface area contributed by atoms with E-state index < -0.39 is 0 Å². The highest BCUT2D eigenvalue weighted by molar-refractivity contribution is 5.92. The molecule has 0 fully saturated rings. The molecular formula is C11H16N6O. The van der Waals surface area contributed by atoms with Gasteiger partial charge in [0.2, 0.25) is 0 Å². The first-order chi connectivity index (χ1) is 8.70. The molecule has 18 heavy (non-hydrogen) atoms. The van der Waals surface area contributed by atoms with Crippen LogP contribution in [0, 0.1) is 0 Å². The fraction of sp³-hybridized carbons (Fsp3) is 0.455. The van der Waals surface area contributed by atoms with E-state index in [1.165, 1.54) is 6.33 Å². The Kier molecular flexibility index (Phi) is 3.71. The number of hydrogen-bond acceptors (Lipinski definition) is 4. The van der Waals surface area contributed by atoms with Gasteiger partial charge in [0, 0.05) is 5.69 Å². The second kappa shape index (κ2) is 5.44. The number of nitrogens with one attached hydrogen (secondary N) is 3. The maximum absolute atomic E-state index is 11.9. The molecule has 1 atom stereocenters. The molecule has 0 aliphatic heterocycles. The summed E-state index contributed by atoms with van der Waals surface area (Å²) >= 11 is 0. The summed E-state index contributed by atoms with van der Waals surface area (Å²) in [7, 11) is 0. The maximum atomic E-state index is 11.9. The molecule has 0 aromatic carbocycles. The average Bonchev–Trinajstić information content (AvgIpc) is 3.00. The highest BCUT2D eigenvalue weighted by Crippen LogP contribution is 2.07. The zero-order chi connectivity index (χ0) is 13.0. The van der Waals surface area contributed by atoms with Gasteiger partial charge in [-0.05, 0) is 19.4 Å². The Balaban J connectivity index is 1.98. The van der Waals surface area contributed by atoms with Crippen molar-refractivity contribution in [2.45, 2.75) is 32.7 Å². The number of aromatic amines is 2. The van der Waals surface area contributed by atoms with Crippen LogP contribution in [0.4, 0.5) is 0 Å². The molecule has 0 saturated carbocycles. The van der Waals surface area contributed by atoms with Gasteiger partial charge in [-0.25, -0.2) is 4.98 Å². The van der Waals surface area contributed by atoms with E-state index in [4.69, 9.17) is 0 Å². The quantitative estimate of drug-likeness (QED) is 0.734. The van der Waals surface area contributed by atoms with E-state index in [-0.39, 0.29) is 11.9 Å². The Morgan fingerprint density at radius 1 is 1.50 bits per heavy atom. The molecule has 2 aromatic rings. The topological polar surface area (TPSA) is 99.3 Å². The van der Waals surface area contributed by atoms with Gasteiger partial charge in [-0.2, -0.15) is 10.2 Å². The molecule has 96 valence electrons. The van der Waals surface area contributed by atoms with Crippen LogP contribution in [0.1, 0.15) is 48.3 Å². The molecule has 2 rings (SSSR count). The largest absolute Gasteiger partial charge is 0.341 e. The summed E-state index contributed by atoms with van der Waals surface area (Å²) < 4.78 is 0. The zero-order valence-corrected chi connectivity index (χ0v) is 10.4. The van der Waals surface area contributed by atoms with Crippen molar-refractivity contribution in [3.05, 3.63) is 29.6 Å². The summed E-state index contributed by atoms with van der Waals surface area (Å²) in [4.78, 5) is 15.9. The second-order valence-corrected chi connectivity index (χ2v) is 4.09. The number of nitrogens with zero attached hydrogens (tertiary/aromatic N) is 3. The zero-order valence-electron chi connectivity index (χ0n) is 10.4. The van der Waals surface area contributed by atoms with Gasteiger partial charge in [-0.15, -0.1) is 0 Å². The molecule has 1 amide bonds. The van der Waals surface area contributed by atoms with Crippen molar-refractivity contribution in [2.75, 3.05) is 0 Å². The third kappa shape index (κ3) is 2.73. The van der Waals surface area contributed by atoms with Crippen LogP contribution in [-0.2, 0) is 6.42 Å². The molecule has 3 N–H and O–H groups in total. The summed E-state index contributed by atoms with van der Waals surface area (Å²) in [6, 6.07) is 1.54. The van der Waals surface area contributed by atoms with E-state index in [0.717, 1.165) is 18.5 Å². The molecule has 0 spiro atoms. The lowest BCUT2D eigenvalue weighted by atomic mass is 10.2. The van der Waals surface area contributed by atoms with Gasteiger partial charge in [0.25, 0.3) is 5.91 Å². The normalized spacial score (nSPS) is 12.3. The summed E-state index contributed by atoms with van der Waals surface area (Å²) in [5, 5.41) is 16.1. The molecule has 0 aliphatic rings. The number of carbonyl (C=O) groups excluding carboxylic acids is 1. The van der Waals surface area contributed by atoms with Gasteiger partial charge in [-0.3, -0.25) is 15.0 Å². The maximum Gasteiger partial charge on any atom is 0.272 e. The summed E-state index contributed by atoms with van der Waals surface area (Å²) in [6.45, 7) is 3.91. The van der Waals surface area contributed by atoms with E-state index >= 15 is 0 Å². The van der Waals surface area contributed by atoms with E-state index in [9.17, 15) is 4.79 Å². The van der Waals surface area contributed by atoms with Crippen LogP contribution >= 0.6 is 0 Å². The van der Waals surface area contributed by atoms with Gasteiger partial charge in [0.15, 0.2) is 0 Å². The number of aromatic nitrogens is 5. The van der Waals surface area contributed by atoms with Crippen molar-refractivity contribution in [1.82, 2.24) is 30.7 Å². The Morgan fingerprint density at radius 3 is 3.00 bits per heavy atom. The van der Waals surface area contributed by atoms with Crippen LogP contribution in [0.3, 0.4) is 0 Å². The predicted molar refractivity (Wildman–Crippen MR) is 64.8 cm³/mol. The van der Waals surface area contributed by atoms with Crippen LogP contribution < -0.4 is 5.32 Å². The van der Waals surface area contributed by atoms with Crippen molar-refractivity contribution in [2.24, 2.45) is 0 Å². The average molecular weight is 248 g/mol. The van der Waals surface area contributed by atoms with Gasteiger partial charge in [0.1, 0.15) is 17.8 Å². The van der Waals surface area contributed by atoms with Gasteiger partial charge >= 0.3 is 0 Å². The standard InChI is InChI=1S/C11H16N6O/c1-3-4-8-5-9(16-15-8)11(18)14-7(2)10-12-6-13-17-10/h5-7H,3-4H2,1-2H3,(H,14,18)(H,15,16)(H,12,13,17)/t7-/m1/s1. The predicted octanol–water partition coefficient (Wildman–Crippen LogP) is 0.971. The lowest BCUT2D eigenvalue weighted by molar-refractivity contribution is 0.0933. The highest BCUT2D eigenvalue weighted by Gasteiger charge is 2.15. The molecule has 2 heterocycles. The first kappa shape index (κ1) is 12.3. The van der Waals surface area contributed by atoms with Crippen molar-refractivity contribution >= 4 is 5.91 Å². The minimum atomic E-state index is -0.230. The molecule has 7 heteroatoms. The number of rotatable bonds is 5. The van der Waals surface area contributed by atoms with Gasteiger partial charge in [-0.1, -0.05) is 13.3 Å². The Bertz CT molecular complexity index is 503. The van der Waals surface area contributed by atoms with Crippen molar-refractivity contribution in [1.29, 1.82) is 0 Å². The fourth-order valence-electron chi connectivity index (χ4n) is 1.64. The number of aryl methyl sites for hydroxylation is 1. The molecule has 0 bridgehead atoms. The minimum Gasteiger partial charge on any atom is -0.341 e. The van der Waals surface area contributed by atoms with Crippen molar-refractivity contribution in [3.8, 4) is 0 Å². The molecule has 0 saturated heterocycles. The fourth-order valence-corrected chi connectivity index (χ4v) is 1.64. The highest BCUT2D eigenvalue weighted by atomic mass is 16.2. The smallest absolute Gasteiger partial charge is 0.272 e. The second-order valence-electron chi connectivity index (χ2n) is 4.09. The van der Waals surface area contributed by atoms with Crippen LogP contribution in [0.25, 0.3) is 0 Å². The molecule has 7 nitrogen and oxygen atoms in total.